The summed E-state index contributed by atoms with van der Waals surface area (Å²) in [5.41, 5.74) is 0.688. The monoisotopic (exact) mass is 457 g/mol. The maximum Gasteiger partial charge on any atom is 0.257 e. The van der Waals surface area contributed by atoms with Gasteiger partial charge in [0.05, 0.1) is 5.56 Å². The van der Waals surface area contributed by atoms with Gasteiger partial charge in [0.15, 0.2) is 0 Å². The number of phenolic OH excluding ortho intramolecular Hbond substituents is 1. The first-order valence-electron chi connectivity index (χ1n) is 10.7. The number of carbonyl (C=O) groups is 3. The lowest BCUT2D eigenvalue weighted by Crippen LogP contribution is -2.57. The normalized spacial score (nSPS) is 15.7. The van der Waals surface area contributed by atoms with E-state index < -0.39 is 6.04 Å². The molecule has 2 unspecified atom stereocenters. The standard InChI is InChI=1S/C24H28ClN3O4/c1-3-16(2)21(26-22(30)17-8-10-18(25)11-9-17)24(32)28-14-12-27(13-15-28)23(31)19-6-4-5-7-20(19)29/h4-11,16,21,29H,3,12-15H2,1-2H3,(H,26,30). The van der Waals surface area contributed by atoms with Crippen molar-refractivity contribution in [3.63, 3.8) is 0 Å². The van der Waals surface area contributed by atoms with E-state index in [1.165, 1.54) is 6.07 Å². The molecular weight excluding hydrogens is 430 g/mol. The van der Waals surface area contributed by atoms with Gasteiger partial charge in [-0.25, -0.2) is 0 Å². The van der Waals surface area contributed by atoms with Crippen molar-refractivity contribution >= 4 is 29.3 Å². The third-order valence-corrected chi connectivity index (χ3v) is 6.14. The van der Waals surface area contributed by atoms with Gasteiger partial charge in [0.2, 0.25) is 5.91 Å². The van der Waals surface area contributed by atoms with Crippen molar-refractivity contribution in [3.05, 3.63) is 64.7 Å². The molecule has 0 saturated carbocycles. The number of nitrogens with zero attached hydrogens (tertiary/aromatic N) is 2. The molecule has 0 aromatic heterocycles. The molecule has 3 rings (SSSR count). The second-order valence-corrected chi connectivity index (χ2v) is 8.41. The van der Waals surface area contributed by atoms with Crippen LogP contribution in [-0.2, 0) is 4.79 Å². The Morgan fingerprint density at radius 2 is 1.59 bits per heavy atom. The molecule has 170 valence electrons. The van der Waals surface area contributed by atoms with Gasteiger partial charge in [-0.1, -0.05) is 44.0 Å². The van der Waals surface area contributed by atoms with E-state index >= 15 is 0 Å². The largest absolute Gasteiger partial charge is 0.507 e. The van der Waals surface area contributed by atoms with Gasteiger partial charge in [0, 0.05) is 36.8 Å². The molecule has 8 heteroatoms. The van der Waals surface area contributed by atoms with Crippen LogP contribution in [0.3, 0.4) is 0 Å². The molecule has 1 heterocycles. The predicted molar refractivity (Wildman–Crippen MR) is 123 cm³/mol. The number of rotatable bonds is 6. The van der Waals surface area contributed by atoms with Crippen LogP contribution in [-0.4, -0.2) is 64.8 Å². The van der Waals surface area contributed by atoms with Gasteiger partial charge in [-0.15, -0.1) is 0 Å². The van der Waals surface area contributed by atoms with E-state index in [9.17, 15) is 19.5 Å². The maximum absolute atomic E-state index is 13.3. The minimum absolute atomic E-state index is 0.0559. The Balaban J connectivity index is 1.65. The molecule has 7 nitrogen and oxygen atoms in total. The summed E-state index contributed by atoms with van der Waals surface area (Å²) in [6, 6.07) is 12.3. The summed E-state index contributed by atoms with van der Waals surface area (Å²) in [7, 11) is 0. The molecule has 1 aliphatic rings. The maximum atomic E-state index is 13.3. The van der Waals surface area contributed by atoms with Crippen molar-refractivity contribution in [1.29, 1.82) is 0 Å². The molecule has 1 saturated heterocycles. The van der Waals surface area contributed by atoms with Crippen LogP contribution in [0.15, 0.2) is 48.5 Å². The highest BCUT2D eigenvalue weighted by atomic mass is 35.5. The molecule has 32 heavy (non-hydrogen) atoms. The molecular formula is C24H28ClN3O4. The first-order chi connectivity index (χ1) is 15.3. The average Bonchev–Trinajstić information content (AvgIpc) is 2.82. The van der Waals surface area contributed by atoms with Crippen LogP contribution in [0.4, 0.5) is 0 Å². The van der Waals surface area contributed by atoms with Gasteiger partial charge in [-0.05, 0) is 42.3 Å². The summed E-state index contributed by atoms with van der Waals surface area (Å²) in [5.74, 6) is -0.854. The number of nitrogens with one attached hydrogen (secondary N) is 1. The molecule has 0 aliphatic carbocycles. The fourth-order valence-electron chi connectivity index (χ4n) is 3.66. The van der Waals surface area contributed by atoms with Crippen molar-refractivity contribution in [2.45, 2.75) is 26.3 Å². The second kappa shape index (κ2) is 10.5. The van der Waals surface area contributed by atoms with E-state index in [2.05, 4.69) is 5.32 Å². The van der Waals surface area contributed by atoms with Gasteiger partial charge in [-0.2, -0.15) is 0 Å². The molecule has 0 radical (unpaired) electrons. The molecule has 0 spiro atoms. The van der Waals surface area contributed by atoms with E-state index in [0.29, 0.717) is 36.8 Å². The highest BCUT2D eigenvalue weighted by Crippen LogP contribution is 2.20. The lowest BCUT2D eigenvalue weighted by atomic mass is 9.97. The molecule has 1 aliphatic heterocycles. The first kappa shape index (κ1) is 23.6. The number of hydrogen-bond acceptors (Lipinski definition) is 4. The Labute approximate surface area is 193 Å². The van der Waals surface area contributed by atoms with E-state index in [0.717, 1.165) is 6.42 Å². The molecule has 2 aromatic rings. The molecule has 2 N–H and O–H groups in total. The van der Waals surface area contributed by atoms with Gasteiger partial charge in [-0.3, -0.25) is 14.4 Å². The average molecular weight is 458 g/mol. The molecule has 2 aromatic carbocycles. The Morgan fingerprint density at radius 1 is 1.00 bits per heavy atom. The van der Waals surface area contributed by atoms with Gasteiger partial charge in [0.1, 0.15) is 11.8 Å². The Kier molecular flexibility index (Phi) is 7.75. The van der Waals surface area contributed by atoms with Gasteiger partial charge >= 0.3 is 0 Å². The highest BCUT2D eigenvalue weighted by molar-refractivity contribution is 6.30. The lowest BCUT2D eigenvalue weighted by Gasteiger charge is -2.37. The summed E-state index contributed by atoms with van der Waals surface area (Å²) in [5, 5.41) is 13.4. The van der Waals surface area contributed by atoms with Crippen LogP contribution in [0.2, 0.25) is 5.02 Å². The van der Waals surface area contributed by atoms with Crippen molar-refractivity contribution in [1.82, 2.24) is 15.1 Å². The molecule has 1 fully saturated rings. The second-order valence-electron chi connectivity index (χ2n) is 7.98. The summed E-state index contributed by atoms with van der Waals surface area (Å²) in [4.78, 5) is 42.0. The summed E-state index contributed by atoms with van der Waals surface area (Å²) >= 11 is 5.89. The number of carbonyl (C=O) groups excluding carboxylic acids is 3. The number of benzene rings is 2. The van der Waals surface area contributed by atoms with E-state index in [1.807, 2.05) is 13.8 Å². The Morgan fingerprint density at radius 3 is 2.19 bits per heavy atom. The minimum Gasteiger partial charge on any atom is -0.507 e. The zero-order valence-corrected chi connectivity index (χ0v) is 19.0. The molecule has 2 atom stereocenters. The number of amides is 3. The number of hydrogen-bond donors (Lipinski definition) is 2. The predicted octanol–water partition coefficient (Wildman–Crippen LogP) is 3.17. The SMILES string of the molecule is CCC(C)C(NC(=O)c1ccc(Cl)cc1)C(=O)N1CCN(C(=O)c2ccccc2O)CC1. The topological polar surface area (TPSA) is 90.0 Å². The van der Waals surface area contributed by atoms with E-state index in [4.69, 9.17) is 11.6 Å². The van der Waals surface area contributed by atoms with Crippen molar-refractivity contribution in [2.24, 2.45) is 5.92 Å². The molecule has 3 amide bonds. The molecule has 0 bridgehead atoms. The fraction of sp³-hybridized carbons (Fsp3) is 0.375. The fourth-order valence-corrected chi connectivity index (χ4v) is 3.79. The van der Waals surface area contributed by atoms with E-state index in [-0.39, 0.29) is 35.0 Å². The zero-order chi connectivity index (χ0) is 23.3. The lowest BCUT2D eigenvalue weighted by molar-refractivity contribution is -0.136. The van der Waals surface area contributed by atoms with Gasteiger partial charge < -0.3 is 20.2 Å². The summed E-state index contributed by atoms with van der Waals surface area (Å²) in [6.45, 7) is 5.35. The van der Waals surface area contributed by atoms with E-state index in [1.54, 1.807) is 52.3 Å². The van der Waals surface area contributed by atoms with Crippen molar-refractivity contribution in [2.75, 3.05) is 26.2 Å². The van der Waals surface area contributed by atoms with Crippen molar-refractivity contribution < 1.29 is 19.5 Å². The van der Waals surface area contributed by atoms with Gasteiger partial charge in [0.25, 0.3) is 11.8 Å². The highest BCUT2D eigenvalue weighted by Gasteiger charge is 2.33. The third-order valence-electron chi connectivity index (χ3n) is 5.89. The summed E-state index contributed by atoms with van der Waals surface area (Å²) < 4.78 is 0. The third kappa shape index (κ3) is 5.40. The van der Waals surface area contributed by atoms with Crippen LogP contribution in [0, 0.1) is 5.92 Å². The van der Waals surface area contributed by atoms with Crippen LogP contribution in [0.1, 0.15) is 41.0 Å². The minimum atomic E-state index is -0.663. The van der Waals surface area contributed by atoms with Crippen LogP contribution >= 0.6 is 11.6 Å². The van der Waals surface area contributed by atoms with Crippen LogP contribution in [0.25, 0.3) is 0 Å². The van der Waals surface area contributed by atoms with Crippen LogP contribution in [0.5, 0.6) is 5.75 Å². The number of halogens is 1. The zero-order valence-electron chi connectivity index (χ0n) is 18.3. The number of piperazine rings is 1. The quantitative estimate of drug-likeness (QED) is 0.697. The summed E-state index contributed by atoms with van der Waals surface area (Å²) in [6.07, 6.45) is 0.725. The first-order valence-corrected chi connectivity index (χ1v) is 11.1. The Hall–Kier alpha value is -3.06. The Bertz CT molecular complexity index is 971. The smallest absolute Gasteiger partial charge is 0.257 e. The number of phenols is 1. The van der Waals surface area contributed by atoms with Crippen LogP contribution < -0.4 is 5.32 Å². The van der Waals surface area contributed by atoms with Crippen molar-refractivity contribution in [3.8, 4) is 5.75 Å². The number of aromatic hydroxyl groups is 1. The number of para-hydroxylation sites is 1.